The maximum absolute atomic E-state index is 12.0. The highest BCUT2D eigenvalue weighted by molar-refractivity contribution is 6.42. The van der Waals surface area contributed by atoms with Gasteiger partial charge in [-0.05, 0) is 42.3 Å². The highest BCUT2D eigenvalue weighted by Gasteiger charge is 2.09. The van der Waals surface area contributed by atoms with Gasteiger partial charge in [-0.1, -0.05) is 53.9 Å². The minimum Gasteiger partial charge on any atom is -0.494 e. The van der Waals surface area contributed by atoms with Crippen LogP contribution in [0.15, 0.2) is 42.5 Å². The Bertz CT molecular complexity index is 719. The first-order valence-electron chi connectivity index (χ1n) is 7.36. The smallest absolute Gasteiger partial charge is 0.248 e. The second-order valence-electron chi connectivity index (χ2n) is 4.98. The molecule has 0 aliphatic rings. The van der Waals surface area contributed by atoms with Crippen molar-refractivity contribution in [1.82, 2.24) is 0 Å². The van der Waals surface area contributed by atoms with Gasteiger partial charge in [0, 0.05) is 11.1 Å². The summed E-state index contributed by atoms with van der Waals surface area (Å²) in [6.45, 7) is 2.73. The van der Waals surface area contributed by atoms with E-state index in [1.807, 2.05) is 24.3 Å². The van der Waals surface area contributed by atoms with Gasteiger partial charge in [-0.3, -0.25) is 4.79 Å². The summed E-state index contributed by atoms with van der Waals surface area (Å²) in [5.74, 6) is 0.464. The molecule has 0 atom stereocenters. The van der Waals surface area contributed by atoms with Crippen LogP contribution in [-0.4, -0.2) is 12.5 Å². The van der Waals surface area contributed by atoms with E-state index in [-0.39, 0.29) is 16.0 Å². The molecule has 2 rings (SSSR count). The van der Waals surface area contributed by atoms with Crippen molar-refractivity contribution in [3.8, 4) is 5.75 Å². The molecular weight excluding hydrogens is 369 g/mol. The lowest BCUT2D eigenvalue weighted by atomic mass is 10.2. The van der Waals surface area contributed by atoms with Crippen LogP contribution in [0.5, 0.6) is 5.75 Å². The summed E-state index contributed by atoms with van der Waals surface area (Å²) >= 11 is 17.9. The number of amides is 1. The number of ether oxygens (including phenoxy) is 1. The van der Waals surface area contributed by atoms with Crippen LogP contribution >= 0.6 is 34.8 Å². The van der Waals surface area contributed by atoms with Crippen molar-refractivity contribution in [1.29, 1.82) is 0 Å². The van der Waals surface area contributed by atoms with Crippen LogP contribution < -0.4 is 10.1 Å². The maximum atomic E-state index is 12.0. The molecule has 0 saturated carbocycles. The fourth-order valence-corrected chi connectivity index (χ4v) is 2.80. The molecule has 0 aliphatic carbocycles. The molecule has 0 aromatic heterocycles. The third-order valence-corrected chi connectivity index (χ3v) is 3.85. The Morgan fingerprint density at radius 3 is 2.33 bits per heavy atom. The Kier molecular flexibility index (Phi) is 6.98. The van der Waals surface area contributed by atoms with E-state index < -0.39 is 0 Å². The second kappa shape index (κ2) is 8.97. The average Bonchev–Trinajstić information content (AvgIpc) is 2.55. The van der Waals surface area contributed by atoms with Crippen molar-refractivity contribution in [2.45, 2.75) is 13.3 Å². The number of halogens is 3. The van der Waals surface area contributed by atoms with E-state index in [0.29, 0.717) is 17.3 Å². The molecule has 6 heteroatoms. The van der Waals surface area contributed by atoms with E-state index >= 15 is 0 Å². The Hall–Kier alpha value is -1.68. The molecule has 24 heavy (non-hydrogen) atoms. The van der Waals surface area contributed by atoms with E-state index in [4.69, 9.17) is 39.5 Å². The van der Waals surface area contributed by atoms with Gasteiger partial charge in [-0.25, -0.2) is 0 Å². The number of anilines is 1. The average molecular weight is 385 g/mol. The molecule has 0 heterocycles. The van der Waals surface area contributed by atoms with Crippen LogP contribution in [0, 0.1) is 0 Å². The summed E-state index contributed by atoms with van der Waals surface area (Å²) in [5.41, 5.74) is 1.21. The number of hydrogen-bond donors (Lipinski definition) is 1. The summed E-state index contributed by atoms with van der Waals surface area (Å²) in [6, 6.07) is 10.5. The molecule has 0 aliphatic heterocycles. The molecule has 126 valence electrons. The summed E-state index contributed by atoms with van der Waals surface area (Å²) in [4.78, 5) is 12.0. The first-order valence-corrected chi connectivity index (χ1v) is 8.49. The van der Waals surface area contributed by atoms with Crippen molar-refractivity contribution in [3.05, 3.63) is 63.1 Å². The van der Waals surface area contributed by atoms with Gasteiger partial charge >= 0.3 is 0 Å². The third-order valence-electron chi connectivity index (χ3n) is 3.04. The van der Waals surface area contributed by atoms with Crippen LogP contribution in [0.3, 0.4) is 0 Å². The van der Waals surface area contributed by atoms with Gasteiger partial charge in [0.15, 0.2) is 0 Å². The van der Waals surface area contributed by atoms with Gasteiger partial charge in [0.2, 0.25) is 5.91 Å². The van der Waals surface area contributed by atoms with Crippen molar-refractivity contribution in [2.24, 2.45) is 0 Å². The third kappa shape index (κ3) is 5.45. The van der Waals surface area contributed by atoms with E-state index in [2.05, 4.69) is 12.2 Å². The Morgan fingerprint density at radius 1 is 1.12 bits per heavy atom. The zero-order valence-corrected chi connectivity index (χ0v) is 15.3. The Balaban J connectivity index is 2.00. The van der Waals surface area contributed by atoms with E-state index in [9.17, 15) is 4.79 Å². The first-order chi connectivity index (χ1) is 11.5. The molecule has 0 spiro atoms. The monoisotopic (exact) mass is 383 g/mol. The number of nitrogens with one attached hydrogen (secondary N) is 1. The van der Waals surface area contributed by atoms with Crippen molar-refractivity contribution in [2.75, 3.05) is 11.9 Å². The molecule has 0 fully saturated rings. The lowest BCUT2D eigenvalue weighted by molar-refractivity contribution is -0.111. The van der Waals surface area contributed by atoms with Crippen LogP contribution in [0.2, 0.25) is 15.1 Å². The van der Waals surface area contributed by atoms with E-state index in [1.165, 1.54) is 18.2 Å². The summed E-state index contributed by atoms with van der Waals surface area (Å²) in [7, 11) is 0. The molecule has 0 unspecified atom stereocenters. The standard InChI is InChI=1S/C18H16Cl3NO2/c1-2-9-24-14-6-3-12(4-7-14)5-8-17(23)22-18-15(20)10-13(19)11-16(18)21/h3-8,10-11H,2,9H2,1H3,(H,22,23)/b8-5+. The maximum Gasteiger partial charge on any atom is 0.248 e. The van der Waals surface area contributed by atoms with Crippen LogP contribution in [0.1, 0.15) is 18.9 Å². The molecule has 1 N–H and O–H groups in total. The number of hydrogen-bond acceptors (Lipinski definition) is 2. The molecule has 3 nitrogen and oxygen atoms in total. The van der Waals surface area contributed by atoms with Gasteiger partial charge in [0.05, 0.1) is 22.3 Å². The van der Waals surface area contributed by atoms with E-state index in [0.717, 1.165) is 17.7 Å². The topological polar surface area (TPSA) is 38.3 Å². The van der Waals surface area contributed by atoms with Gasteiger partial charge in [-0.2, -0.15) is 0 Å². The first kappa shape index (κ1) is 18.7. The molecule has 2 aromatic carbocycles. The highest BCUT2D eigenvalue weighted by atomic mass is 35.5. The van der Waals surface area contributed by atoms with Crippen LogP contribution in [-0.2, 0) is 4.79 Å². The van der Waals surface area contributed by atoms with Crippen molar-refractivity contribution < 1.29 is 9.53 Å². The number of carbonyl (C=O) groups is 1. The Labute approximate surface area is 156 Å². The predicted octanol–water partition coefficient (Wildman–Crippen LogP) is 6.09. The normalized spacial score (nSPS) is 10.8. The predicted molar refractivity (Wildman–Crippen MR) is 101 cm³/mol. The summed E-state index contributed by atoms with van der Waals surface area (Å²) < 4.78 is 5.51. The molecule has 0 radical (unpaired) electrons. The fourth-order valence-electron chi connectivity index (χ4n) is 1.89. The lowest BCUT2D eigenvalue weighted by Gasteiger charge is -2.08. The second-order valence-corrected chi connectivity index (χ2v) is 6.24. The Morgan fingerprint density at radius 2 is 1.75 bits per heavy atom. The summed E-state index contributed by atoms with van der Waals surface area (Å²) in [5, 5.41) is 3.62. The number of benzene rings is 2. The molecule has 2 aromatic rings. The molecule has 0 bridgehead atoms. The largest absolute Gasteiger partial charge is 0.494 e. The quantitative estimate of drug-likeness (QED) is 0.612. The number of carbonyl (C=O) groups excluding carboxylic acids is 1. The van der Waals surface area contributed by atoms with Crippen LogP contribution in [0.4, 0.5) is 5.69 Å². The van der Waals surface area contributed by atoms with Gasteiger partial charge in [0.1, 0.15) is 5.75 Å². The minimum absolute atomic E-state index is 0.284. The molecular formula is C18H16Cl3NO2. The zero-order valence-electron chi connectivity index (χ0n) is 13.0. The van der Waals surface area contributed by atoms with E-state index in [1.54, 1.807) is 6.08 Å². The lowest BCUT2D eigenvalue weighted by Crippen LogP contribution is -2.08. The summed E-state index contributed by atoms with van der Waals surface area (Å²) in [6.07, 6.45) is 4.05. The SMILES string of the molecule is CCCOc1ccc(/C=C/C(=O)Nc2c(Cl)cc(Cl)cc2Cl)cc1. The number of rotatable bonds is 6. The van der Waals surface area contributed by atoms with Gasteiger partial charge in [-0.15, -0.1) is 0 Å². The zero-order chi connectivity index (χ0) is 17.5. The minimum atomic E-state index is -0.340. The highest BCUT2D eigenvalue weighted by Crippen LogP contribution is 2.33. The van der Waals surface area contributed by atoms with Crippen molar-refractivity contribution in [3.63, 3.8) is 0 Å². The molecule has 0 saturated heterocycles. The molecule has 1 amide bonds. The van der Waals surface area contributed by atoms with Gasteiger partial charge < -0.3 is 10.1 Å². The fraction of sp³-hybridized carbons (Fsp3) is 0.167. The van der Waals surface area contributed by atoms with Gasteiger partial charge in [0.25, 0.3) is 0 Å². The van der Waals surface area contributed by atoms with Crippen molar-refractivity contribution >= 4 is 52.5 Å². The van der Waals surface area contributed by atoms with Crippen LogP contribution in [0.25, 0.3) is 6.08 Å².